The molecule has 7 heteroatoms. The Morgan fingerprint density at radius 1 is 1.06 bits per heavy atom. The lowest BCUT2D eigenvalue weighted by atomic mass is 10.1. The summed E-state index contributed by atoms with van der Waals surface area (Å²) in [5.41, 5.74) is 2.65. The first kappa shape index (κ1) is 23.8. The summed E-state index contributed by atoms with van der Waals surface area (Å²) < 4.78 is 7.55. The lowest BCUT2D eigenvalue weighted by Gasteiger charge is -2.23. The molecule has 180 valence electrons. The third-order valence-corrected chi connectivity index (χ3v) is 6.27. The number of hydrogen-bond donors (Lipinski definition) is 0. The van der Waals surface area contributed by atoms with Gasteiger partial charge in [0.1, 0.15) is 18.1 Å². The second kappa shape index (κ2) is 10.7. The minimum atomic E-state index is -0.0786. The molecule has 7 nitrogen and oxygen atoms in total. The Morgan fingerprint density at radius 3 is 2.44 bits per heavy atom. The molecule has 2 aromatic carbocycles. The van der Waals surface area contributed by atoms with E-state index in [9.17, 15) is 9.59 Å². The molecule has 0 N–H and O–H groups in total. The molecule has 1 fully saturated rings. The summed E-state index contributed by atoms with van der Waals surface area (Å²) in [5.74, 6) is 1.69. The normalized spacial score (nSPS) is 15.8. The second-order valence-corrected chi connectivity index (χ2v) is 8.76. The van der Waals surface area contributed by atoms with Gasteiger partial charge in [0, 0.05) is 37.7 Å². The van der Waals surface area contributed by atoms with Crippen LogP contribution in [0.3, 0.4) is 0 Å². The van der Waals surface area contributed by atoms with Crippen molar-refractivity contribution < 1.29 is 14.3 Å². The van der Waals surface area contributed by atoms with Crippen LogP contribution in [-0.2, 0) is 16.1 Å². The molecule has 3 aromatic rings. The summed E-state index contributed by atoms with van der Waals surface area (Å²) in [7, 11) is 0. The summed E-state index contributed by atoms with van der Waals surface area (Å²) in [4.78, 5) is 34.8. The molecule has 1 atom stereocenters. The third-order valence-electron chi connectivity index (χ3n) is 6.27. The van der Waals surface area contributed by atoms with Gasteiger partial charge in [0.25, 0.3) is 0 Å². The smallest absolute Gasteiger partial charge is 0.242 e. The summed E-state index contributed by atoms with van der Waals surface area (Å²) in [6.45, 7) is 9.02. The summed E-state index contributed by atoms with van der Waals surface area (Å²) >= 11 is 0. The molecule has 1 saturated heterocycles. The zero-order valence-electron chi connectivity index (χ0n) is 20.4. The van der Waals surface area contributed by atoms with Crippen molar-refractivity contribution in [1.29, 1.82) is 0 Å². The van der Waals surface area contributed by atoms with E-state index < -0.39 is 0 Å². The van der Waals surface area contributed by atoms with Crippen molar-refractivity contribution in [2.24, 2.45) is 0 Å². The van der Waals surface area contributed by atoms with E-state index in [0.29, 0.717) is 19.6 Å². The maximum Gasteiger partial charge on any atom is 0.242 e. The highest BCUT2D eigenvalue weighted by atomic mass is 16.5. The highest BCUT2D eigenvalue weighted by Crippen LogP contribution is 2.34. The van der Waals surface area contributed by atoms with E-state index in [1.165, 1.54) is 0 Å². The van der Waals surface area contributed by atoms with Crippen molar-refractivity contribution in [3.05, 3.63) is 54.4 Å². The molecule has 34 heavy (non-hydrogen) atoms. The van der Waals surface area contributed by atoms with Crippen LogP contribution in [-0.4, -0.2) is 52.5 Å². The number of benzene rings is 2. The molecule has 0 radical (unpaired) electrons. The molecule has 0 saturated carbocycles. The monoisotopic (exact) mass is 462 g/mol. The Hall–Kier alpha value is -3.35. The lowest BCUT2D eigenvalue weighted by molar-refractivity contribution is -0.131. The van der Waals surface area contributed by atoms with Gasteiger partial charge in [-0.05, 0) is 56.2 Å². The van der Waals surface area contributed by atoms with E-state index >= 15 is 0 Å². The number of fused-ring (bicyclic) bond motifs is 1. The average molecular weight is 463 g/mol. The molecule has 1 aliphatic heterocycles. The standard InChI is InChI=1S/C27H34N4O3/c1-4-15-29(16-5-2)26(33)19-31-24-10-8-7-9-23(24)28-27(31)20-17-25(32)30(18-20)21-11-13-22(14-12-21)34-6-3/h7-14,20H,4-6,15-19H2,1-3H3. The Kier molecular flexibility index (Phi) is 7.50. The molecular weight excluding hydrogens is 428 g/mol. The molecule has 0 bridgehead atoms. The van der Waals surface area contributed by atoms with Gasteiger partial charge < -0.3 is 19.1 Å². The molecule has 1 aromatic heterocycles. The number of para-hydroxylation sites is 2. The van der Waals surface area contributed by atoms with Gasteiger partial charge in [0.05, 0.1) is 17.6 Å². The van der Waals surface area contributed by atoms with Crippen molar-refractivity contribution in [2.45, 2.75) is 52.5 Å². The Labute approximate surface area is 201 Å². The highest BCUT2D eigenvalue weighted by Gasteiger charge is 2.35. The first-order valence-corrected chi connectivity index (χ1v) is 12.3. The summed E-state index contributed by atoms with van der Waals surface area (Å²) in [6, 6.07) is 15.5. The van der Waals surface area contributed by atoms with E-state index in [0.717, 1.165) is 54.2 Å². The Bertz CT molecular complexity index is 1130. The van der Waals surface area contributed by atoms with Gasteiger partial charge in [-0.3, -0.25) is 9.59 Å². The SMILES string of the molecule is CCCN(CCC)C(=O)Cn1c(C2CC(=O)N(c3ccc(OCC)cc3)C2)nc2ccccc21. The zero-order valence-corrected chi connectivity index (χ0v) is 20.4. The van der Waals surface area contributed by atoms with Gasteiger partial charge in [-0.15, -0.1) is 0 Å². The Balaban J connectivity index is 1.61. The van der Waals surface area contributed by atoms with E-state index in [1.54, 1.807) is 0 Å². The van der Waals surface area contributed by atoms with Crippen LogP contribution in [0.2, 0.25) is 0 Å². The molecule has 0 spiro atoms. The fourth-order valence-electron chi connectivity index (χ4n) is 4.73. The minimum absolute atomic E-state index is 0.0673. The van der Waals surface area contributed by atoms with E-state index in [1.807, 2.05) is 69.8 Å². The number of aromatic nitrogens is 2. The number of hydrogen-bond acceptors (Lipinski definition) is 4. The van der Waals surface area contributed by atoms with Crippen molar-refractivity contribution >= 4 is 28.5 Å². The van der Waals surface area contributed by atoms with Gasteiger partial charge in [-0.2, -0.15) is 0 Å². The topological polar surface area (TPSA) is 67.7 Å². The molecule has 0 aliphatic carbocycles. The molecule has 4 rings (SSSR count). The van der Waals surface area contributed by atoms with Crippen LogP contribution in [0.5, 0.6) is 5.75 Å². The highest BCUT2D eigenvalue weighted by molar-refractivity contribution is 5.96. The number of amides is 2. The van der Waals surface area contributed by atoms with Crippen LogP contribution < -0.4 is 9.64 Å². The number of ether oxygens (including phenoxy) is 1. The third kappa shape index (κ3) is 4.93. The van der Waals surface area contributed by atoms with Crippen molar-refractivity contribution in [3.63, 3.8) is 0 Å². The van der Waals surface area contributed by atoms with Crippen LogP contribution in [0.1, 0.15) is 51.8 Å². The van der Waals surface area contributed by atoms with Gasteiger partial charge in [0.15, 0.2) is 0 Å². The maximum atomic E-state index is 13.2. The van der Waals surface area contributed by atoms with Gasteiger partial charge in [0.2, 0.25) is 11.8 Å². The number of carbonyl (C=O) groups is 2. The number of rotatable bonds is 10. The molecule has 1 aliphatic rings. The zero-order chi connectivity index (χ0) is 24.1. The van der Waals surface area contributed by atoms with Crippen LogP contribution in [0.4, 0.5) is 5.69 Å². The molecule has 2 heterocycles. The van der Waals surface area contributed by atoms with Crippen LogP contribution in [0, 0.1) is 0 Å². The number of imidazole rings is 1. The first-order chi connectivity index (χ1) is 16.5. The predicted molar refractivity (Wildman–Crippen MR) is 134 cm³/mol. The molecular formula is C27H34N4O3. The lowest BCUT2D eigenvalue weighted by Crippen LogP contribution is -2.35. The number of nitrogens with zero attached hydrogens (tertiary/aromatic N) is 4. The largest absolute Gasteiger partial charge is 0.494 e. The van der Waals surface area contributed by atoms with Gasteiger partial charge >= 0.3 is 0 Å². The summed E-state index contributed by atoms with van der Waals surface area (Å²) in [5, 5.41) is 0. The van der Waals surface area contributed by atoms with E-state index in [-0.39, 0.29) is 24.3 Å². The van der Waals surface area contributed by atoms with Crippen molar-refractivity contribution in [2.75, 3.05) is 31.1 Å². The van der Waals surface area contributed by atoms with Crippen LogP contribution in [0.15, 0.2) is 48.5 Å². The fraction of sp³-hybridized carbons (Fsp3) is 0.444. The van der Waals surface area contributed by atoms with Crippen molar-refractivity contribution in [3.8, 4) is 5.75 Å². The van der Waals surface area contributed by atoms with Gasteiger partial charge in [-0.25, -0.2) is 4.98 Å². The molecule has 1 unspecified atom stereocenters. The van der Waals surface area contributed by atoms with Crippen LogP contribution in [0.25, 0.3) is 11.0 Å². The van der Waals surface area contributed by atoms with E-state index in [2.05, 4.69) is 13.8 Å². The predicted octanol–water partition coefficient (Wildman–Crippen LogP) is 4.60. The van der Waals surface area contributed by atoms with Crippen LogP contribution >= 0.6 is 0 Å². The second-order valence-electron chi connectivity index (χ2n) is 8.76. The fourth-order valence-corrected chi connectivity index (χ4v) is 4.73. The number of anilines is 1. The Morgan fingerprint density at radius 2 is 1.76 bits per heavy atom. The first-order valence-electron chi connectivity index (χ1n) is 12.3. The average Bonchev–Trinajstić information content (AvgIpc) is 3.40. The van der Waals surface area contributed by atoms with Crippen molar-refractivity contribution in [1.82, 2.24) is 14.5 Å². The quantitative estimate of drug-likeness (QED) is 0.441. The molecule has 2 amide bonds. The summed E-state index contributed by atoms with van der Waals surface area (Å²) in [6.07, 6.45) is 2.23. The number of carbonyl (C=O) groups excluding carboxylic acids is 2. The van der Waals surface area contributed by atoms with Gasteiger partial charge in [-0.1, -0.05) is 26.0 Å². The minimum Gasteiger partial charge on any atom is -0.494 e. The maximum absolute atomic E-state index is 13.2. The van der Waals surface area contributed by atoms with E-state index in [4.69, 9.17) is 9.72 Å².